The van der Waals surface area contributed by atoms with Crippen LogP contribution in [0.1, 0.15) is 16.8 Å². The van der Waals surface area contributed by atoms with Crippen molar-refractivity contribution in [2.45, 2.75) is 26.1 Å². The molecule has 0 fully saturated rings. The van der Waals surface area contributed by atoms with Crippen LogP contribution < -0.4 is 4.90 Å². The van der Waals surface area contributed by atoms with Crippen molar-refractivity contribution in [3.63, 3.8) is 0 Å². The van der Waals surface area contributed by atoms with Crippen molar-refractivity contribution in [3.8, 4) is 0 Å². The number of carbonyl (C=O) groups is 1. The summed E-state index contributed by atoms with van der Waals surface area (Å²) in [7, 11) is 2.15. The fourth-order valence-electron chi connectivity index (χ4n) is 4.38. The number of anilines is 1. The van der Waals surface area contributed by atoms with E-state index in [0.717, 1.165) is 25.1 Å². The average Bonchev–Trinajstić information content (AvgIpc) is 3.04. The third-order valence-corrected chi connectivity index (χ3v) is 5.79. The Morgan fingerprint density at radius 2 is 1.89 bits per heavy atom. The summed E-state index contributed by atoms with van der Waals surface area (Å²) in [6.07, 6.45) is 0.654. The van der Waals surface area contributed by atoms with Gasteiger partial charge in [0.2, 0.25) is 0 Å². The lowest BCUT2D eigenvalue weighted by atomic mass is 10.0. The Balaban J connectivity index is 1.41. The Bertz CT molecular complexity index is 1010. The smallest absolute Gasteiger partial charge is 0.410 e. The Morgan fingerprint density at radius 3 is 2.74 bits per heavy atom. The van der Waals surface area contributed by atoms with E-state index in [1.807, 2.05) is 35.2 Å². The second-order valence-electron chi connectivity index (χ2n) is 7.38. The molecule has 0 atom stereocenters. The molecule has 2 aromatic carbocycles. The highest BCUT2D eigenvalue weighted by Gasteiger charge is 2.30. The highest BCUT2D eigenvalue weighted by Crippen LogP contribution is 2.38. The number of ether oxygens (including phenoxy) is 1. The molecule has 138 valence electrons. The number of amides is 1. The molecule has 0 saturated carbocycles. The first-order valence-electron chi connectivity index (χ1n) is 9.52. The van der Waals surface area contributed by atoms with Gasteiger partial charge in [-0.05, 0) is 11.6 Å². The van der Waals surface area contributed by atoms with Gasteiger partial charge in [-0.15, -0.1) is 0 Å². The van der Waals surface area contributed by atoms with Gasteiger partial charge in [0.1, 0.15) is 6.61 Å². The van der Waals surface area contributed by atoms with Gasteiger partial charge in [0.25, 0.3) is 0 Å². The summed E-state index contributed by atoms with van der Waals surface area (Å²) in [5.41, 5.74) is 6.28. The van der Waals surface area contributed by atoms with Crippen LogP contribution in [0.25, 0.3) is 10.9 Å². The third-order valence-electron chi connectivity index (χ3n) is 5.79. The molecule has 5 heteroatoms. The molecule has 0 saturated heterocycles. The molecule has 1 aromatic heterocycles. The van der Waals surface area contributed by atoms with Gasteiger partial charge in [-0.3, -0.25) is 0 Å². The molecule has 0 radical (unpaired) electrons. The molecule has 5 rings (SSSR count). The number of rotatable bonds is 2. The number of para-hydroxylation sites is 1. The predicted octanol–water partition coefficient (Wildman–Crippen LogP) is 3.79. The average molecular weight is 361 g/mol. The van der Waals surface area contributed by atoms with Crippen molar-refractivity contribution < 1.29 is 9.53 Å². The van der Waals surface area contributed by atoms with Crippen molar-refractivity contribution >= 4 is 22.7 Å². The summed E-state index contributed by atoms with van der Waals surface area (Å²) >= 11 is 0. The largest absolute Gasteiger partial charge is 0.445 e. The van der Waals surface area contributed by atoms with Crippen molar-refractivity contribution in [2.75, 3.05) is 25.0 Å². The number of benzene rings is 2. The fraction of sp³-hybridized carbons (Fsp3) is 0.318. The van der Waals surface area contributed by atoms with E-state index in [-0.39, 0.29) is 6.09 Å². The molecule has 2 aliphatic heterocycles. The summed E-state index contributed by atoms with van der Waals surface area (Å²) in [5, 5.41) is 1.27. The van der Waals surface area contributed by atoms with Crippen LogP contribution in [-0.4, -0.2) is 35.7 Å². The molecule has 1 amide bonds. The highest BCUT2D eigenvalue weighted by molar-refractivity contribution is 5.96. The van der Waals surface area contributed by atoms with Crippen LogP contribution in [0.2, 0.25) is 0 Å². The molecule has 0 aliphatic carbocycles. The minimum absolute atomic E-state index is 0.228. The van der Waals surface area contributed by atoms with Gasteiger partial charge in [0.15, 0.2) is 0 Å². The third kappa shape index (κ3) is 2.65. The Kier molecular flexibility index (Phi) is 3.81. The van der Waals surface area contributed by atoms with Crippen LogP contribution in [0.15, 0.2) is 48.5 Å². The molecular formula is C22H23N3O2. The van der Waals surface area contributed by atoms with E-state index in [2.05, 4.69) is 34.7 Å². The summed E-state index contributed by atoms with van der Waals surface area (Å²) < 4.78 is 8.02. The molecule has 27 heavy (non-hydrogen) atoms. The number of hydrogen-bond acceptors (Lipinski definition) is 3. The van der Waals surface area contributed by atoms with Gasteiger partial charge < -0.3 is 19.1 Å². The van der Waals surface area contributed by atoms with Crippen LogP contribution in [0.4, 0.5) is 10.5 Å². The quantitative estimate of drug-likeness (QED) is 0.697. The summed E-state index contributed by atoms with van der Waals surface area (Å²) in [4.78, 5) is 16.8. The van der Waals surface area contributed by atoms with Gasteiger partial charge in [-0.2, -0.15) is 0 Å². The zero-order chi connectivity index (χ0) is 18.4. The standard InChI is InChI=1S/C22H23N3O2/c1-23-12-13-25-19-10-11-24(22(26)27-15-16-6-3-2-4-7-16)14-18(19)17-8-5-9-20(23)21(17)25/h2-9H,10-15H2,1H3. The molecule has 3 aromatic rings. The summed E-state index contributed by atoms with van der Waals surface area (Å²) in [5.74, 6) is 0. The Hall–Kier alpha value is -2.95. The number of hydrogen-bond donors (Lipinski definition) is 0. The fourth-order valence-corrected chi connectivity index (χ4v) is 4.38. The zero-order valence-electron chi connectivity index (χ0n) is 15.5. The molecule has 0 spiro atoms. The van der Waals surface area contributed by atoms with E-state index in [1.165, 1.54) is 27.8 Å². The molecule has 0 N–H and O–H groups in total. The Morgan fingerprint density at radius 1 is 1.04 bits per heavy atom. The summed E-state index contributed by atoms with van der Waals surface area (Å²) in [6, 6.07) is 16.3. The molecule has 0 unspecified atom stereocenters. The first kappa shape index (κ1) is 16.2. The van der Waals surface area contributed by atoms with Crippen molar-refractivity contribution in [1.29, 1.82) is 0 Å². The van der Waals surface area contributed by atoms with E-state index < -0.39 is 0 Å². The Labute approximate surface area is 158 Å². The van der Waals surface area contributed by atoms with Crippen molar-refractivity contribution in [2.24, 2.45) is 0 Å². The van der Waals surface area contributed by atoms with E-state index in [9.17, 15) is 4.79 Å². The second kappa shape index (κ2) is 6.34. The van der Waals surface area contributed by atoms with E-state index >= 15 is 0 Å². The van der Waals surface area contributed by atoms with Gasteiger partial charge >= 0.3 is 6.09 Å². The molecule has 3 heterocycles. The van der Waals surface area contributed by atoms with Crippen molar-refractivity contribution in [3.05, 3.63) is 65.4 Å². The minimum atomic E-state index is -0.228. The van der Waals surface area contributed by atoms with Crippen LogP contribution in [0, 0.1) is 0 Å². The first-order chi connectivity index (χ1) is 13.2. The normalized spacial score (nSPS) is 15.7. The van der Waals surface area contributed by atoms with Crippen LogP contribution in [-0.2, 0) is 30.9 Å². The summed E-state index contributed by atoms with van der Waals surface area (Å²) in [6.45, 7) is 3.69. The number of nitrogens with zero attached hydrogens (tertiary/aromatic N) is 3. The highest BCUT2D eigenvalue weighted by atomic mass is 16.6. The maximum Gasteiger partial charge on any atom is 0.410 e. The lowest BCUT2D eigenvalue weighted by molar-refractivity contribution is 0.0917. The van der Waals surface area contributed by atoms with Crippen molar-refractivity contribution in [1.82, 2.24) is 9.47 Å². The van der Waals surface area contributed by atoms with Gasteiger partial charge in [0, 0.05) is 49.7 Å². The van der Waals surface area contributed by atoms with E-state index in [1.54, 1.807) is 0 Å². The van der Waals surface area contributed by atoms with E-state index in [4.69, 9.17) is 4.74 Å². The molecule has 5 nitrogen and oxygen atoms in total. The van der Waals surface area contributed by atoms with Gasteiger partial charge in [0.05, 0.1) is 17.7 Å². The van der Waals surface area contributed by atoms with Crippen LogP contribution >= 0.6 is 0 Å². The van der Waals surface area contributed by atoms with Gasteiger partial charge in [-0.25, -0.2) is 4.79 Å². The minimum Gasteiger partial charge on any atom is -0.445 e. The topological polar surface area (TPSA) is 37.7 Å². The van der Waals surface area contributed by atoms with Gasteiger partial charge in [-0.1, -0.05) is 42.5 Å². The maximum absolute atomic E-state index is 12.6. The zero-order valence-corrected chi connectivity index (χ0v) is 15.5. The SMILES string of the molecule is CN1CCn2c3c(c4cccc1c42)CN(C(=O)OCc1ccccc1)CC3. The maximum atomic E-state index is 12.6. The monoisotopic (exact) mass is 361 g/mol. The number of aromatic nitrogens is 1. The lowest BCUT2D eigenvalue weighted by Crippen LogP contribution is -2.37. The second-order valence-corrected chi connectivity index (χ2v) is 7.38. The lowest BCUT2D eigenvalue weighted by Gasteiger charge is -2.29. The number of likely N-dealkylation sites (N-methyl/N-ethyl adjacent to an activating group) is 1. The molecular weight excluding hydrogens is 338 g/mol. The molecule has 0 bridgehead atoms. The molecule has 2 aliphatic rings. The first-order valence-corrected chi connectivity index (χ1v) is 9.52. The van der Waals surface area contributed by atoms with Crippen LogP contribution in [0.5, 0.6) is 0 Å². The number of fused-ring (bicyclic) bond motifs is 3. The van der Waals surface area contributed by atoms with E-state index in [0.29, 0.717) is 19.7 Å². The van der Waals surface area contributed by atoms with Crippen LogP contribution in [0.3, 0.4) is 0 Å². The number of carbonyl (C=O) groups excluding carboxylic acids is 1. The predicted molar refractivity (Wildman–Crippen MR) is 106 cm³/mol.